The van der Waals surface area contributed by atoms with Crippen LogP contribution in [0.2, 0.25) is 0 Å². The number of carbonyl (C=O) groups is 1. The first-order valence-electron chi connectivity index (χ1n) is 10.3. The van der Waals surface area contributed by atoms with Gasteiger partial charge in [0.2, 0.25) is 0 Å². The van der Waals surface area contributed by atoms with Crippen LogP contribution < -0.4 is 10.1 Å². The summed E-state index contributed by atoms with van der Waals surface area (Å²) < 4.78 is 5.37. The number of carbonyl (C=O) groups excluding carboxylic acids is 1. The Kier molecular flexibility index (Phi) is 6.77. The number of benzene rings is 2. The third-order valence-corrected chi connectivity index (χ3v) is 6.45. The highest BCUT2D eigenvalue weighted by Gasteiger charge is 2.31. The molecule has 0 radical (unpaired) electrons. The number of piperidine rings is 1. The number of likely N-dealkylation sites (tertiary alicyclic amines) is 1. The van der Waals surface area contributed by atoms with Crippen LogP contribution >= 0.6 is 11.3 Å². The minimum absolute atomic E-state index is 0.0410. The Hall–Kier alpha value is -2.70. The number of methoxy groups -OCH3 is 1. The van der Waals surface area contributed by atoms with Gasteiger partial charge in [-0.3, -0.25) is 9.69 Å². The Bertz CT molecular complexity index is 946. The summed E-state index contributed by atoms with van der Waals surface area (Å²) in [7, 11) is 1.70. The van der Waals surface area contributed by atoms with E-state index in [2.05, 4.69) is 27.3 Å². The van der Waals surface area contributed by atoms with Crippen LogP contribution in [0.15, 0.2) is 66.2 Å². The zero-order valence-electron chi connectivity index (χ0n) is 17.2. The fourth-order valence-electron chi connectivity index (χ4n) is 4.12. The van der Waals surface area contributed by atoms with Crippen molar-refractivity contribution < 1.29 is 9.53 Å². The molecular formula is C24H27N3O2S. The summed E-state index contributed by atoms with van der Waals surface area (Å²) in [6.45, 7) is 2.87. The van der Waals surface area contributed by atoms with Gasteiger partial charge in [0.25, 0.3) is 5.91 Å². The highest BCUT2D eigenvalue weighted by Crippen LogP contribution is 2.32. The van der Waals surface area contributed by atoms with Crippen molar-refractivity contribution in [1.29, 1.82) is 0 Å². The van der Waals surface area contributed by atoms with E-state index in [0.717, 1.165) is 43.2 Å². The van der Waals surface area contributed by atoms with E-state index in [1.807, 2.05) is 54.0 Å². The molecule has 0 saturated carbocycles. The molecule has 1 amide bonds. The Morgan fingerprint density at radius 3 is 2.90 bits per heavy atom. The number of thiazole rings is 1. The predicted molar refractivity (Wildman–Crippen MR) is 120 cm³/mol. The molecule has 6 heteroatoms. The molecule has 5 nitrogen and oxygen atoms in total. The molecular weight excluding hydrogens is 394 g/mol. The second-order valence-corrected chi connectivity index (χ2v) is 8.60. The summed E-state index contributed by atoms with van der Waals surface area (Å²) in [6, 6.07) is 17.6. The molecule has 2 atom stereocenters. The first-order chi connectivity index (χ1) is 14.7. The van der Waals surface area contributed by atoms with Gasteiger partial charge in [-0.25, -0.2) is 4.98 Å². The highest BCUT2D eigenvalue weighted by atomic mass is 32.1. The van der Waals surface area contributed by atoms with E-state index in [1.54, 1.807) is 18.4 Å². The molecule has 1 saturated heterocycles. The van der Waals surface area contributed by atoms with Crippen LogP contribution in [-0.4, -0.2) is 36.0 Å². The maximum atomic E-state index is 12.9. The number of nitrogens with one attached hydrogen (secondary N) is 1. The van der Waals surface area contributed by atoms with E-state index in [1.165, 1.54) is 5.56 Å². The van der Waals surface area contributed by atoms with E-state index in [-0.39, 0.29) is 11.9 Å². The number of amides is 1. The molecule has 1 fully saturated rings. The van der Waals surface area contributed by atoms with Crippen molar-refractivity contribution in [2.24, 2.45) is 5.92 Å². The van der Waals surface area contributed by atoms with Crippen molar-refractivity contribution in [2.75, 3.05) is 20.2 Å². The molecule has 0 bridgehead atoms. The predicted octanol–water partition coefficient (Wildman–Crippen LogP) is 4.54. The van der Waals surface area contributed by atoms with Gasteiger partial charge < -0.3 is 10.1 Å². The SMILES string of the molecule is COc1cccc(CN2CCCC(C(NC(=O)c3ccccc3)c3nccs3)C2)c1. The van der Waals surface area contributed by atoms with Crippen molar-refractivity contribution in [3.63, 3.8) is 0 Å². The van der Waals surface area contributed by atoms with E-state index >= 15 is 0 Å². The molecule has 3 aromatic rings. The Morgan fingerprint density at radius 1 is 1.27 bits per heavy atom. The standard InChI is InChI=1S/C24H27N3O2S/c1-29-21-11-5-7-18(15-21)16-27-13-6-10-20(17-27)22(24-25-12-14-30-24)26-23(28)19-8-3-2-4-9-19/h2-5,7-9,11-12,14-15,20,22H,6,10,13,16-17H2,1H3,(H,26,28). The van der Waals surface area contributed by atoms with Crippen LogP contribution in [0, 0.1) is 5.92 Å². The third-order valence-electron chi connectivity index (χ3n) is 5.59. The lowest BCUT2D eigenvalue weighted by molar-refractivity contribution is 0.0877. The molecule has 2 unspecified atom stereocenters. The van der Waals surface area contributed by atoms with Crippen molar-refractivity contribution in [1.82, 2.24) is 15.2 Å². The van der Waals surface area contributed by atoms with Gasteiger partial charge in [0, 0.05) is 30.2 Å². The van der Waals surface area contributed by atoms with Crippen LogP contribution in [-0.2, 0) is 6.54 Å². The molecule has 1 aromatic heterocycles. The maximum absolute atomic E-state index is 12.9. The fraction of sp³-hybridized carbons (Fsp3) is 0.333. The van der Waals surface area contributed by atoms with Gasteiger partial charge in [-0.2, -0.15) is 0 Å². The zero-order chi connectivity index (χ0) is 20.8. The van der Waals surface area contributed by atoms with E-state index < -0.39 is 0 Å². The smallest absolute Gasteiger partial charge is 0.251 e. The third kappa shape index (κ3) is 5.07. The fourth-order valence-corrected chi connectivity index (χ4v) is 4.90. The normalized spacial score (nSPS) is 18.0. The number of ether oxygens (including phenoxy) is 1. The highest BCUT2D eigenvalue weighted by molar-refractivity contribution is 7.09. The monoisotopic (exact) mass is 421 g/mol. The van der Waals surface area contributed by atoms with Crippen LogP contribution in [0.5, 0.6) is 5.75 Å². The maximum Gasteiger partial charge on any atom is 0.251 e. The van der Waals surface area contributed by atoms with Gasteiger partial charge in [-0.05, 0) is 55.1 Å². The van der Waals surface area contributed by atoms with Gasteiger partial charge in [0.1, 0.15) is 10.8 Å². The van der Waals surface area contributed by atoms with Crippen LogP contribution in [0.4, 0.5) is 0 Å². The average Bonchev–Trinajstić information content (AvgIpc) is 3.33. The van der Waals surface area contributed by atoms with Crippen LogP contribution in [0.3, 0.4) is 0 Å². The number of hydrogen-bond acceptors (Lipinski definition) is 5. The van der Waals surface area contributed by atoms with Crippen molar-refractivity contribution in [2.45, 2.75) is 25.4 Å². The second kappa shape index (κ2) is 9.87. The van der Waals surface area contributed by atoms with Gasteiger partial charge in [-0.1, -0.05) is 30.3 Å². The molecule has 1 N–H and O–H groups in total. The molecule has 0 aliphatic carbocycles. The largest absolute Gasteiger partial charge is 0.497 e. The van der Waals surface area contributed by atoms with E-state index in [4.69, 9.17) is 4.74 Å². The second-order valence-electron chi connectivity index (χ2n) is 7.68. The lowest BCUT2D eigenvalue weighted by Crippen LogP contribution is -2.42. The summed E-state index contributed by atoms with van der Waals surface area (Å²) in [4.78, 5) is 19.9. The molecule has 4 rings (SSSR count). The lowest BCUT2D eigenvalue weighted by Gasteiger charge is -2.36. The molecule has 30 heavy (non-hydrogen) atoms. The summed E-state index contributed by atoms with van der Waals surface area (Å²) in [5, 5.41) is 6.23. The Morgan fingerprint density at radius 2 is 2.13 bits per heavy atom. The topological polar surface area (TPSA) is 54.5 Å². The van der Waals surface area contributed by atoms with Crippen molar-refractivity contribution >= 4 is 17.2 Å². The summed E-state index contributed by atoms with van der Waals surface area (Å²) in [5.74, 6) is 1.17. The summed E-state index contributed by atoms with van der Waals surface area (Å²) in [6.07, 6.45) is 4.00. The van der Waals surface area contributed by atoms with E-state index in [0.29, 0.717) is 11.5 Å². The molecule has 2 aromatic carbocycles. The van der Waals surface area contributed by atoms with Gasteiger partial charge in [0.15, 0.2) is 0 Å². The van der Waals surface area contributed by atoms with Crippen molar-refractivity contribution in [3.8, 4) is 5.75 Å². The molecule has 1 aliphatic heterocycles. The van der Waals surface area contributed by atoms with Crippen LogP contribution in [0.25, 0.3) is 0 Å². The average molecular weight is 422 g/mol. The molecule has 156 valence electrons. The summed E-state index contributed by atoms with van der Waals surface area (Å²) in [5.41, 5.74) is 1.93. The lowest BCUT2D eigenvalue weighted by atomic mass is 9.90. The summed E-state index contributed by atoms with van der Waals surface area (Å²) >= 11 is 1.61. The van der Waals surface area contributed by atoms with Crippen molar-refractivity contribution in [3.05, 3.63) is 82.3 Å². The minimum Gasteiger partial charge on any atom is -0.497 e. The quantitative estimate of drug-likeness (QED) is 0.609. The number of aromatic nitrogens is 1. The first-order valence-corrected chi connectivity index (χ1v) is 11.2. The van der Waals surface area contributed by atoms with Gasteiger partial charge in [-0.15, -0.1) is 11.3 Å². The number of hydrogen-bond donors (Lipinski definition) is 1. The number of nitrogens with zero attached hydrogens (tertiary/aromatic N) is 2. The minimum atomic E-state index is -0.0779. The molecule has 2 heterocycles. The molecule has 0 spiro atoms. The van der Waals surface area contributed by atoms with Gasteiger partial charge >= 0.3 is 0 Å². The zero-order valence-corrected chi connectivity index (χ0v) is 18.0. The van der Waals surface area contributed by atoms with E-state index in [9.17, 15) is 4.79 Å². The first kappa shape index (κ1) is 20.6. The number of rotatable bonds is 7. The van der Waals surface area contributed by atoms with Gasteiger partial charge in [0.05, 0.1) is 13.2 Å². The Labute approximate surface area is 181 Å². The van der Waals surface area contributed by atoms with Crippen LogP contribution in [0.1, 0.15) is 39.8 Å². The Balaban J connectivity index is 1.48. The molecule has 1 aliphatic rings.